The number of para-hydroxylation sites is 4. The van der Waals surface area contributed by atoms with Crippen molar-refractivity contribution in [3.8, 4) is 0 Å². The molecule has 4 nitrogen and oxygen atoms in total. The van der Waals surface area contributed by atoms with Gasteiger partial charge in [-0.1, -0.05) is 48.6 Å². The third kappa shape index (κ3) is 2.58. The van der Waals surface area contributed by atoms with Gasteiger partial charge in [-0.3, -0.25) is 0 Å². The maximum atomic E-state index is 4.08. The molecular formula is C24H28N4Si. The number of benzene rings is 2. The van der Waals surface area contributed by atoms with Crippen LogP contribution in [0.3, 0.4) is 0 Å². The zero-order chi connectivity index (χ0) is 20.4. The van der Waals surface area contributed by atoms with Crippen LogP contribution in [0, 0.1) is 0 Å². The fourth-order valence-corrected chi connectivity index (χ4v) is 10.1. The van der Waals surface area contributed by atoms with Crippen LogP contribution in [0.5, 0.6) is 0 Å². The van der Waals surface area contributed by atoms with Gasteiger partial charge in [0.25, 0.3) is 0 Å². The average Bonchev–Trinajstić information content (AvgIpc) is 3.16. The molecule has 2 aliphatic rings. The van der Waals surface area contributed by atoms with Gasteiger partial charge in [0.2, 0.25) is 0 Å². The van der Waals surface area contributed by atoms with Gasteiger partial charge in [0.15, 0.2) is 0 Å². The third-order valence-corrected chi connectivity index (χ3v) is 10.2. The molecular weight excluding hydrogens is 372 g/mol. The number of rotatable bonds is 8. The van der Waals surface area contributed by atoms with Crippen LogP contribution in [0.15, 0.2) is 99.2 Å². The Bertz CT molecular complexity index is 798. The van der Waals surface area contributed by atoms with Crippen molar-refractivity contribution in [3.05, 3.63) is 99.2 Å². The minimum atomic E-state index is -2.63. The zero-order valence-corrected chi connectivity index (χ0v) is 17.9. The van der Waals surface area contributed by atoms with Crippen LogP contribution in [0.1, 0.15) is 0 Å². The van der Waals surface area contributed by atoms with Crippen LogP contribution in [0.2, 0.25) is 0 Å². The van der Waals surface area contributed by atoms with E-state index in [0.29, 0.717) is 0 Å². The van der Waals surface area contributed by atoms with Gasteiger partial charge < -0.3 is 18.3 Å². The van der Waals surface area contributed by atoms with Gasteiger partial charge in [-0.2, -0.15) is 0 Å². The van der Waals surface area contributed by atoms with Crippen molar-refractivity contribution in [2.24, 2.45) is 0 Å². The first kappa shape index (κ1) is 19.1. The normalized spacial score (nSPS) is 16.0. The molecule has 0 fully saturated rings. The lowest BCUT2D eigenvalue weighted by molar-refractivity contribution is 0.970. The lowest BCUT2D eigenvalue weighted by atomic mass is 10.2. The van der Waals surface area contributed by atoms with Crippen molar-refractivity contribution >= 4 is 31.5 Å². The highest BCUT2D eigenvalue weighted by atomic mass is 28.4. The maximum absolute atomic E-state index is 4.08. The second-order valence-corrected chi connectivity index (χ2v) is 10.5. The fourth-order valence-electron chi connectivity index (χ4n) is 4.76. The molecule has 148 valence electrons. The van der Waals surface area contributed by atoms with Gasteiger partial charge in [-0.05, 0) is 24.3 Å². The predicted molar refractivity (Wildman–Crippen MR) is 129 cm³/mol. The molecule has 0 aromatic heterocycles. The molecule has 0 amide bonds. The molecule has 0 aliphatic carbocycles. The Morgan fingerprint density at radius 1 is 0.517 bits per heavy atom. The summed E-state index contributed by atoms with van der Waals surface area (Å²) >= 11 is 0. The lowest BCUT2D eigenvalue weighted by Gasteiger charge is -2.49. The van der Waals surface area contributed by atoms with Crippen molar-refractivity contribution in [2.75, 3.05) is 44.4 Å². The molecule has 0 unspecified atom stereocenters. The molecule has 0 N–H and O–H groups in total. The molecule has 0 radical (unpaired) electrons. The average molecular weight is 401 g/mol. The second-order valence-electron chi connectivity index (χ2n) is 7.17. The zero-order valence-electron chi connectivity index (χ0n) is 16.9. The molecule has 2 heterocycles. The summed E-state index contributed by atoms with van der Waals surface area (Å²) in [5.74, 6) is 0. The van der Waals surface area contributed by atoms with Crippen LogP contribution >= 0.6 is 0 Å². The van der Waals surface area contributed by atoms with Crippen molar-refractivity contribution in [1.29, 1.82) is 0 Å². The van der Waals surface area contributed by atoms with E-state index in [1.165, 1.54) is 22.7 Å². The smallest absolute Gasteiger partial charge is 0.342 e. The van der Waals surface area contributed by atoms with E-state index in [0.717, 1.165) is 26.2 Å². The summed E-state index contributed by atoms with van der Waals surface area (Å²) in [4.78, 5) is 0. The predicted octanol–water partition coefficient (Wildman–Crippen LogP) is 4.82. The number of fused-ring (bicyclic) bond motifs is 2. The first-order valence-corrected chi connectivity index (χ1v) is 11.8. The summed E-state index contributed by atoms with van der Waals surface area (Å²) < 4.78 is 10.2. The summed E-state index contributed by atoms with van der Waals surface area (Å²) in [5.41, 5.74) is 4.99. The van der Waals surface area contributed by atoms with Crippen LogP contribution in [-0.2, 0) is 0 Å². The standard InChI is InChI=1S/C24H28N4Si/c1-5-17-25-21-13-9-10-14-22(21)26(18-6-2)29(25)27(19-7-3)23-15-11-12-16-24(23)28(29)20-8-4/h5-16H,1-4,17-20H2. The molecule has 2 aromatic carbocycles. The number of hydrogen-bond donors (Lipinski definition) is 0. The van der Waals surface area contributed by atoms with Gasteiger partial charge in [0.1, 0.15) is 0 Å². The van der Waals surface area contributed by atoms with Crippen molar-refractivity contribution in [3.63, 3.8) is 0 Å². The molecule has 1 spiro atoms. The van der Waals surface area contributed by atoms with E-state index >= 15 is 0 Å². The van der Waals surface area contributed by atoms with Crippen LogP contribution in [0.4, 0.5) is 22.7 Å². The van der Waals surface area contributed by atoms with Crippen LogP contribution in [0.25, 0.3) is 0 Å². The highest BCUT2D eigenvalue weighted by Crippen LogP contribution is 2.53. The highest BCUT2D eigenvalue weighted by Gasteiger charge is 2.66. The number of nitrogens with zero attached hydrogens (tertiary/aromatic N) is 4. The Kier molecular flexibility index (Phi) is 5.07. The lowest BCUT2D eigenvalue weighted by Crippen LogP contribution is -2.80. The molecule has 4 rings (SSSR count). The minimum absolute atomic E-state index is 0.770. The summed E-state index contributed by atoms with van der Waals surface area (Å²) in [6.07, 6.45) is 8.02. The maximum Gasteiger partial charge on any atom is 0.504 e. The van der Waals surface area contributed by atoms with E-state index in [1.807, 2.05) is 24.3 Å². The van der Waals surface area contributed by atoms with E-state index in [9.17, 15) is 0 Å². The molecule has 0 atom stereocenters. The molecule has 0 bridgehead atoms. The van der Waals surface area contributed by atoms with E-state index in [1.54, 1.807) is 0 Å². The Morgan fingerprint density at radius 2 is 0.759 bits per heavy atom. The highest BCUT2D eigenvalue weighted by molar-refractivity contribution is 6.96. The Hall–Kier alpha value is -3.18. The summed E-state index contributed by atoms with van der Waals surface area (Å²) in [7, 11) is -2.63. The van der Waals surface area contributed by atoms with Gasteiger partial charge in [-0.15, -0.1) is 26.3 Å². The van der Waals surface area contributed by atoms with Crippen LogP contribution < -0.4 is 18.3 Å². The molecule has 0 saturated carbocycles. The van der Waals surface area contributed by atoms with Crippen LogP contribution in [-0.4, -0.2) is 34.9 Å². The monoisotopic (exact) mass is 400 g/mol. The van der Waals surface area contributed by atoms with Gasteiger partial charge in [-0.25, -0.2) is 0 Å². The number of anilines is 4. The van der Waals surface area contributed by atoms with Crippen molar-refractivity contribution in [2.45, 2.75) is 0 Å². The second kappa shape index (κ2) is 7.68. The first-order valence-electron chi connectivity index (χ1n) is 9.97. The minimum Gasteiger partial charge on any atom is -0.342 e. The van der Waals surface area contributed by atoms with E-state index in [2.05, 4.69) is 93.1 Å². The van der Waals surface area contributed by atoms with Gasteiger partial charge >= 0.3 is 8.72 Å². The molecule has 2 aliphatic heterocycles. The fraction of sp³-hybridized carbons (Fsp3) is 0.167. The topological polar surface area (TPSA) is 13.0 Å². The Morgan fingerprint density at radius 3 is 0.966 bits per heavy atom. The molecule has 29 heavy (non-hydrogen) atoms. The van der Waals surface area contributed by atoms with Gasteiger partial charge in [0, 0.05) is 26.2 Å². The largest absolute Gasteiger partial charge is 0.504 e. The van der Waals surface area contributed by atoms with E-state index in [4.69, 9.17) is 0 Å². The third-order valence-electron chi connectivity index (χ3n) is 5.62. The first-order chi connectivity index (χ1) is 14.2. The summed E-state index contributed by atoms with van der Waals surface area (Å²) in [6, 6.07) is 17.3. The van der Waals surface area contributed by atoms with Crippen molar-refractivity contribution in [1.82, 2.24) is 0 Å². The van der Waals surface area contributed by atoms with E-state index < -0.39 is 8.72 Å². The quantitative estimate of drug-likeness (QED) is 0.465. The molecule has 0 saturated heterocycles. The number of hydrogen-bond acceptors (Lipinski definition) is 4. The van der Waals surface area contributed by atoms with Gasteiger partial charge in [0.05, 0.1) is 22.7 Å². The summed E-state index contributed by atoms with van der Waals surface area (Å²) in [5, 5.41) is 0. The molecule has 5 heteroatoms. The van der Waals surface area contributed by atoms with E-state index in [-0.39, 0.29) is 0 Å². The Labute approximate surface area is 175 Å². The summed E-state index contributed by atoms with van der Waals surface area (Å²) in [6.45, 7) is 19.4. The SMILES string of the molecule is C=CCN1c2ccccc2N(CC=C)[Si]12N(CC=C)c1ccccc1N2CC=C. The van der Waals surface area contributed by atoms with Crippen molar-refractivity contribution < 1.29 is 0 Å². The molecule has 2 aromatic rings. The Balaban J connectivity index is 2.04.